The Bertz CT molecular complexity index is 240. The van der Waals surface area contributed by atoms with Crippen LogP contribution in [0.25, 0.3) is 0 Å². The van der Waals surface area contributed by atoms with Crippen LogP contribution in [0.15, 0.2) is 0 Å². The van der Waals surface area contributed by atoms with Gasteiger partial charge in [0, 0.05) is 19.1 Å². The van der Waals surface area contributed by atoms with Gasteiger partial charge in [-0.05, 0) is 51.1 Å². The second-order valence-electron chi connectivity index (χ2n) is 7.00. The topological polar surface area (TPSA) is 15.3 Å². The van der Waals surface area contributed by atoms with Crippen LogP contribution >= 0.6 is 0 Å². The molecule has 0 saturated heterocycles. The minimum absolute atomic E-state index is 0.571. The van der Waals surface area contributed by atoms with Crippen molar-refractivity contribution in [2.24, 2.45) is 5.41 Å². The van der Waals surface area contributed by atoms with Crippen molar-refractivity contribution < 1.29 is 0 Å². The minimum Gasteiger partial charge on any atom is -0.319 e. The summed E-state index contributed by atoms with van der Waals surface area (Å²) in [4.78, 5) is 2.84. The van der Waals surface area contributed by atoms with E-state index in [1.165, 1.54) is 83.8 Å². The molecule has 1 N–H and O–H groups in total. The van der Waals surface area contributed by atoms with Crippen LogP contribution in [0.3, 0.4) is 0 Å². The first-order valence-electron chi connectivity index (χ1n) is 8.68. The molecule has 19 heavy (non-hydrogen) atoms. The van der Waals surface area contributed by atoms with E-state index in [1.807, 2.05) is 0 Å². The molecular weight excluding hydrogens is 232 g/mol. The van der Waals surface area contributed by atoms with E-state index in [9.17, 15) is 0 Å². The quantitative estimate of drug-likeness (QED) is 0.672. The van der Waals surface area contributed by atoms with E-state index in [0.29, 0.717) is 5.41 Å². The van der Waals surface area contributed by atoms with Crippen molar-refractivity contribution in [3.05, 3.63) is 0 Å². The molecule has 0 aliphatic heterocycles. The number of unbranched alkanes of at least 4 members (excludes halogenated alkanes) is 1. The van der Waals surface area contributed by atoms with Crippen LogP contribution in [0, 0.1) is 5.41 Å². The van der Waals surface area contributed by atoms with Gasteiger partial charge in [-0.2, -0.15) is 0 Å². The predicted molar refractivity (Wildman–Crippen MR) is 83.6 cm³/mol. The van der Waals surface area contributed by atoms with Crippen molar-refractivity contribution in [2.45, 2.75) is 77.2 Å². The number of nitrogens with zero attached hydrogens (tertiary/aromatic N) is 1. The van der Waals surface area contributed by atoms with E-state index in [1.54, 1.807) is 0 Å². The maximum atomic E-state index is 3.50. The highest BCUT2D eigenvalue weighted by molar-refractivity contribution is 4.92. The standard InChI is InChI=1S/C17H34N2/c1-3-4-13-19(16-9-10-16)15-17(14-18-2)11-7-5-6-8-12-17/h16,18H,3-15H2,1-2H3. The SMILES string of the molecule is CCCCN(CC1(CNC)CCCCCC1)C1CC1. The third kappa shape index (κ3) is 4.75. The first-order chi connectivity index (χ1) is 9.29. The molecule has 2 heteroatoms. The molecule has 0 amide bonds. The van der Waals surface area contributed by atoms with E-state index in [4.69, 9.17) is 0 Å². The summed E-state index contributed by atoms with van der Waals surface area (Å²) in [7, 11) is 2.14. The van der Waals surface area contributed by atoms with E-state index >= 15 is 0 Å². The van der Waals surface area contributed by atoms with Gasteiger partial charge in [-0.25, -0.2) is 0 Å². The highest BCUT2D eigenvalue weighted by Gasteiger charge is 2.37. The molecule has 0 radical (unpaired) electrons. The predicted octanol–water partition coefficient (Wildman–Crippen LogP) is 3.81. The molecular formula is C17H34N2. The molecule has 0 aromatic carbocycles. The van der Waals surface area contributed by atoms with Crippen molar-refractivity contribution in [1.29, 1.82) is 0 Å². The van der Waals surface area contributed by atoms with Crippen molar-refractivity contribution in [1.82, 2.24) is 10.2 Å². The molecule has 0 bridgehead atoms. The summed E-state index contributed by atoms with van der Waals surface area (Å²) in [6.07, 6.45) is 14.4. The second kappa shape index (κ2) is 7.64. The Labute approximate surface area is 120 Å². The molecule has 112 valence electrons. The van der Waals surface area contributed by atoms with Crippen LogP contribution in [0.1, 0.15) is 71.1 Å². The van der Waals surface area contributed by atoms with Gasteiger partial charge < -0.3 is 5.32 Å². The lowest BCUT2D eigenvalue weighted by molar-refractivity contribution is 0.121. The average Bonchev–Trinajstić information content (AvgIpc) is 3.22. The summed E-state index contributed by atoms with van der Waals surface area (Å²) < 4.78 is 0. The third-order valence-electron chi connectivity index (χ3n) is 5.12. The maximum absolute atomic E-state index is 3.50. The molecule has 0 unspecified atom stereocenters. The summed E-state index contributed by atoms with van der Waals surface area (Å²) >= 11 is 0. The van der Waals surface area contributed by atoms with Gasteiger partial charge in [0.25, 0.3) is 0 Å². The summed E-state index contributed by atoms with van der Waals surface area (Å²) in [6, 6.07) is 0.934. The lowest BCUT2D eigenvalue weighted by Crippen LogP contribution is -2.44. The first kappa shape index (κ1) is 15.3. The number of hydrogen-bond donors (Lipinski definition) is 1. The van der Waals surface area contributed by atoms with E-state index in [-0.39, 0.29) is 0 Å². The Hall–Kier alpha value is -0.0800. The zero-order valence-corrected chi connectivity index (χ0v) is 13.2. The highest BCUT2D eigenvalue weighted by Crippen LogP contribution is 2.38. The van der Waals surface area contributed by atoms with E-state index in [0.717, 1.165) is 6.04 Å². The molecule has 2 aliphatic rings. The average molecular weight is 266 g/mol. The lowest BCUT2D eigenvalue weighted by Gasteiger charge is -2.38. The summed E-state index contributed by atoms with van der Waals surface area (Å²) in [5.41, 5.74) is 0.571. The van der Waals surface area contributed by atoms with Gasteiger partial charge in [0.1, 0.15) is 0 Å². The maximum Gasteiger partial charge on any atom is 0.00966 e. The monoisotopic (exact) mass is 266 g/mol. The van der Waals surface area contributed by atoms with Gasteiger partial charge in [0.15, 0.2) is 0 Å². The fourth-order valence-electron chi connectivity index (χ4n) is 3.87. The zero-order chi connectivity index (χ0) is 13.6. The first-order valence-corrected chi connectivity index (χ1v) is 8.68. The molecule has 0 aromatic heterocycles. The van der Waals surface area contributed by atoms with Crippen LogP contribution < -0.4 is 5.32 Å². The van der Waals surface area contributed by atoms with E-state index < -0.39 is 0 Å². The Morgan fingerprint density at radius 3 is 2.32 bits per heavy atom. The van der Waals surface area contributed by atoms with Crippen LogP contribution in [-0.4, -0.2) is 37.6 Å². The number of hydrogen-bond acceptors (Lipinski definition) is 2. The second-order valence-corrected chi connectivity index (χ2v) is 7.00. The summed E-state index contributed by atoms with van der Waals surface area (Å²) in [5, 5.41) is 3.50. The fourth-order valence-corrected chi connectivity index (χ4v) is 3.87. The highest BCUT2D eigenvalue weighted by atomic mass is 15.2. The normalized spacial score (nSPS) is 23.5. The fraction of sp³-hybridized carbons (Fsp3) is 1.00. The van der Waals surface area contributed by atoms with Gasteiger partial charge in [0.05, 0.1) is 0 Å². The Kier molecular flexibility index (Phi) is 6.15. The number of rotatable bonds is 8. The molecule has 2 saturated carbocycles. The Morgan fingerprint density at radius 1 is 1.11 bits per heavy atom. The van der Waals surface area contributed by atoms with E-state index in [2.05, 4.69) is 24.2 Å². The van der Waals surface area contributed by atoms with Crippen LogP contribution in [0.2, 0.25) is 0 Å². The van der Waals surface area contributed by atoms with Gasteiger partial charge in [0.2, 0.25) is 0 Å². The zero-order valence-electron chi connectivity index (χ0n) is 13.2. The molecule has 0 spiro atoms. The van der Waals surface area contributed by atoms with Crippen molar-refractivity contribution in [2.75, 3.05) is 26.7 Å². The lowest BCUT2D eigenvalue weighted by atomic mass is 9.79. The number of nitrogens with one attached hydrogen (secondary N) is 1. The van der Waals surface area contributed by atoms with Crippen LogP contribution in [0.5, 0.6) is 0 Å². The molecule has 2 rings (SSSR count). The summed E-state index contributed by atoms with van der Waals surface area (Å²) in [6.45, 7) is 6.24. The minimum atomic E-state index is 0.571. The molecule has 2 fully saturated rings. The van der Waals surface area contributed by atoms with Crippen molar-refractivity contribution in [3.63, 3.8) is 0 Å². The van der Waals surface area contributed by atoms with Gasteiger partial charge in [-0.15, -0.1) is 0 Å². The molecule has 2 aliphatic carbocycles. The van der Waals surface area contributed by atoms with Crippen LogP contribution in [-0.2, 0) is 0 Å². The van der Waals surface area contributed by atoms with Crippen molar-refractivity contribution >= 4 is 0 Å². The molecule has 2 nitrogen and oxygen atoms in total. The van der Waals surface area contributed by atoms with Gasteiger partial charge >= 0.3 is 0 Å². The molecule has 0 heterocycles. The molecule has 0 aromatic rings. The van der Waals surface area contributed by atoms with Crippen molar-refractivity contribution in [3.8, 4) is 0 Å². The Balaban J connectivity index is 1.95. The summed E-state index contributed by atoms with van der Waals surface area (Å²) in [5.74, 6) is 0. The smallest absolute Gasteiger partial charge is 0.00966 e. The largest absolute Gasteiger partial charge is 0.319 e. The van der Waals surface area contributed by atoms with Crippen LogP contribution in [0.4, 0.5) is 0 Å². The Morgan fingerprint density at radius 2 is 1.79 bits per heavy atom. The van der Waals surface area contributed by atoms with Gasteiger partial charge in [-0.3, -0.25) is 4.90 Å². The van der Waals surface area contributed by atoms with Gasteiger partial charge in [-0.1, -0.05) is 39.0 Å². The molecule has 0 atom stereocenters. The third-order valence-corrected chi connectivity index (χ3v) is 5.12.